The van der Waals surface area contributed by atoms with Crippen molar-refractivity contribution in [2.24, 2.45) is 0 Å². The topological polar surface area (TPSA) is 26.3 Å². The Morgan fingerprint density at radius 1 is 1.38 bits per heavy atom. The third-order valence-corrected chi connectivity index (χ3v) is 2.13. The van der Waals surface area contributed by atoms with Crippen molar-refractivity contribution in [1.29, 1.82) is 0 Å². The predicted octanol–water partition coefficient (Wildman–Crippen LogP) is 3.42. The average Bonchev–Trinajstić information content (AvgIpc) is 2.18. The summed E-state index contributed by atoms with van der Waals surface area (Å²) < 4.78 is 18.5. The zero-order valence-corrected chi connectivity index (χ0v) is 10.2. The second kappa shape index (κ2) is 5.30. The third-order valence-electron chi connectivity index (χ3n) is 1.93. The normalized spacial score (nSPS) is 12.6. The Kier molecular flexibility index (Phi) is 4.30. The van der Waals surface area contributed by atoms with Crippen LogP contribution in [0.25, 0.3) is 0 Å². The minimum absolute atomic E-state index is 0.0809. The molecule has 1 aromatic rings. The molecule has 1 atom stereocenters. The van der Waals surface area contributed by atoms with E-state index >= 15 is 0 Å². The van der Waals surface area contributed by atoms with E-state index in [0.29, 0.717) is 5.75 Å². The molecule has 1 unspecified atom stereocenters. The summed E-state index contributed by atoms with van der Waals surface area (Å²) in [5, 5.41) is -0.698. The van der Waals surface area contributed by atoms with Gasteiger partial charge in [0.25, 0.3) is 0 Å². The molecule has 0 amide bonds. The number of Topliss-reactive ketones (excluding diaryl/α,β-unsaturated/α-hetero) is 1. The Hall–Kier alpha value is -1.09. The monoisotopic (exact) mass is 244 g/mol. The number of hydrogen-bond donors (Lipinski definition) is 0. The number of halogens is 2. The largest absolute Gasteiger partial charge is 0.490 e. The number of rotatable bonds is 4. The molecule has 0 radical (unpaired) electrons. The van der Waals surface area contributed by atoms with Crippen molar-refractivity contribution in [3.63, 3.8) is 0 Å². The van der Waals surface area contributed by atoms with Gasteiger partial charge < -0.3 is 4.74 Å². The highest BCUT2D eigenvalue weighted by atomic mass is 35.5. The molecule has 88 valence electrons. The second-order valence-electron chi connectivity index (χ2n) is 3.79. The number of carbonyl (C=O) groups is 1. The first-order valence-electron chi connectivity index (χ1n) is 5.06. The van der Waals surface area contributed by atoms with E-state index in [0.717, 1.165) is 6.07 Å². The van der Waals surface area contributed by atoms with Crippen LogP contribution in [-0.2, 0) is 0 Å². The van der Waals surface area contributed by atoms with Crippen LogP contribution in [0.1, 0.15) is 31.1 Å². The molecule has 2 nitrogen and oxygen atoms in total. The lowest BCUT2D eigenvalue weighted by Gasteiger charge is -2.14. The summed E-state index contributed by atoms with van der Waals surface area (Å²) in [6.07, 6.45) is -0.0809. The van der Waals surface area contributed by atoms with Gasteiger partial charge in [-0.15, -0.1) is 11.6 Å². The summed E-state index contributed by atoms with van der Waals surface area (Å²) in [6.45, 7) is 5.22. The van der Waals surface area contributed by atoms with Crippen LogP contribution in [0, 0.1) is 5.82 Å². The van der Waals surface area contributed by atoms with Crippen LogP contribution >= 0.6 is 11.6 Å². The molecule has 0 saturated heterocycles. The van der Waals surface area contributed by atoms with E-state index in [-0.39, 0.29) is 17.5 Å². The van der Waals surface area contributed by atoms with E-state index in [1.165, 1.54) is 12.1 Å². The molecule has 1 aromatic carbocycles. The highest BCUT2D eigenvalue weighted by Crippen LogP contribution is 2.23. The van der Waals surface area contributed by atoms with Crippen LogP contribution in [0.2, 0.25) is 0 Å². The Morgan fingerprint density at radius 3 is 2.50 bits per heavy atom. The van der Waals surface area contributed by atoms with Crippen molar-refractivity contribution >= 4 is 17.4 Å². The molecule has 0 aliphatic heterocycles. The molecule has 0 heterocycles. The Balaban J connectivity index is 3.12. The molecular formula is C12H14ClFO2. The molecule has 0 spiro atoms. The minimum Gasteiger partial charge on any atom is -0.490 e. The van der Waals surface area contributed by atoms with Gasteiger partial charge in [-0.2, -0.15) is 0 Å². The van der Waals surface area contributed by atoms with Gasteiger partial charge in [0.05, 0.1) is 17.0 Å². The summed E-state index contributed by atoms with van der Waals surface area (Å²) in [5.41, 5.74) is 0.191. The number of ether oxygens (including phenoxy) is 1. The van der Waals surface area contributed by atoms with Crippen LogP contribution in [0.15, 0.2) is 18.2 Å². The van der Waals surface area contributed by atoms with Crippen LogP contribution in [0.4, 0.5) is 4.39 Å². The Morgan fingerprint density at radius 2 is 2.00 bits per heavy atom. The van der Waals surface area contributed by atoms with E-state index in [1.54, 1.807) is 6.92 Å². The number of hydrogen-bond acceptors (Lipinski definition) is 2. The van der Waals surface area contributed by atoms with E-state index in [1.807, 2.05) is 13.8 Å². The summed E-state index contributed by atoms with van der Waals surface area (Å²) in [7, 11) is 0. The van der Waals surface area contributed by atoms with Gasteiger partial charge in [0.2, 0.25) is 0 Å². The maximum absolute atomic E-state index is 13.1. The Labute approximate surface area is 99.4 Å². The fraction of sp³-hybridized carbons (Fsp3) is 0.417. The van der Waals surface area contributed by atoms with Gasteiger partial charge in [-0.05, 0) is 39.0 Å². The quantitative estimate of drug-likeness (QED) is 0.599. The molecule has 0 fully saturated rings. The van der Waals surface area contributed by atoms with Gasteiger partial charge >= 0.3 is 0 Å². The average molecular weight is 245 g/mol. The van der Waals surface area contributed by atoms with Crippen molar-refractivity contribution in [3.8, 4) is 5.75 Å². The summed E-state index contributed by atoms with van der Waals surface area (Å²) >= 11 is 5.70. The van der Waals surface area contributed by atoms with Gasteiger partial charge in [0.1, 0.15) is 11.6 Å². The lowest BCUT2D eigenvalue weighted by molar-refractivity contribution is 0.0985. The van der Waals surface area contributed by atoms with E-state index in [2.05, 4.69) is 0 Å². The number of benzene rings is 1. The van der Waals surface area contributed by atoms with E-state index in [9.17, 15) is 9.18 Å². The van der Waals surface area contributed by atoms with Gasteiger partial charge in [0.15, 0.2) is 5.78 Å². The van der Waals surface area contributed by atoms with Gasteiger partial charge in [-0.1, -0.05) is 0 Å². The van der Waals surface area contributed by atoms with Crippen LogP contribution in [0.3, 0.4) is 0 Å². The van der Waals surface area contributed by atoms with Crippen molar-refractivity contribution in [3.05, 3.63) is 29.6 Å². The first-order valence-corrected chi connectivity index (χ1v) is 5.50. The van der Waals surface area contributed by atoms with Crippen LogP contribution < -0.4 is 4.74 Å². The van der Waals surface area contributed by atoms with Crippen molar-refractivity contribution in [1.82, 2.24) is 0 Å². The smallest absolute Gasteiger partial charge is 0.184 e. The summed E-state index contributed by atoms with van der Waals surface area (Å²) in [6, 6.07) is 3.86. The lowest BCUT2D eigenvalue weighted by atomic mass is 10.1. The number of ketones is 1. The van der Waals surface area contributed by atoms with Gasteiger partial charge in [-0.25, -0.2) is 4.39 Å². The third kappa shape index (κ3) is 3.20. The van der Waals surface area contributed by atoms with Crippen LogP contribution in [0.5, 0.6) is 5.75 Å². The molecule has 1 rings (SSSR count). The molecular weight excluding hydrogens is 231 g/mol. The second-order valence-corrected chi connectivity index (χ2v) is 4.44. The Bertz CT molecular complexity index is 389. The lowest BCUT2D eigenvalue weighted by Crippen LogP contribution is -2.15. The summed E-state index contributed by atoms with van der Waals surface area (Å²) in [5.74, 6) is -0.442. The predicted molar refractivity (Wildman–Crippen MR) is 61.8 cm³/mol. The minimum atomic E-state index is -0.698. The number of carbonyl (C=O) groups excluding carboxylic acids is 1. The highest BCUT2D eigenvalue weighted by Gasteiger charge is 2.18. The van der Waals surface area contributed by atoms with Crippen LogP contribution in [-0.4, -0.2) is 17.3 Å². The summed E-state index contributed by atoms with van der Waals surface area (Å²) in [4.78, 5) is 11.7. The zero-order chi connectivity index (χ0) is 12.3. The molecule has 0 saturated carbocycles. The first kappa shape index (κ1) is 13.0. The van der Waals surface area contributed by atoms with Gasteiger partial charge in [-0.3, -0.25) is 4.79 Å². The molecule has 4 heteroatoms. The van der Waals surface area contributed by atoms with Crippen molar-refractivity contribution in [2.75, 3.05) is 0 Å². The van der Waals surface area contributed by atoms with Crippen molar-refractivity contribution in [2.45, 2.75) is 32.3 Å². The maximum Gasteiger partial charge on any atom is 0.184 e. The fourth-order valence-electron chi connectivity index (χ4n) is 1.27. The molecule has 16 heavy (non-hydrogen) atoms. The van der Waals surface area contributed by atoms with E-state index in [4.69, 9.17) is 16.3 Å². The maximum atomic E-state index is 13.1. The molecule has 0 aliphatic rings. The highest BCUT2D eigenvalue weighted by molar-refractivity contribution is 6.33. The number of alkyl halides is 1. The molecule has 0 aromatic heterocycles. The SMILES string of the molecule is CC(C)Oc1ccc(F)cc1C(=O)C(C)Cl. The first-order chi connectivity index (χ1) is 7.41. The standard InChI is InChI=1S/C12H14ClFO2/c1-7(2)16-11-5-4-9(14)6-10(11)12(15)8(3)13/h4-8H,1-3H3. The molecule has 0 aliphatic carbocycles. The van der Waals surface area contributed by atoms with Gasteiger partial charge in [0, 0.05) is 0 Å². The molecule has 0 N–H and O–H groups in total. The fourth-order valence-corrected chi connectivity index (χ4v) is 1.38. The molecule has 0 bridgehead atoms. The van der Waals surface area contributed by atoms with Crippen molar-refractivity contribution < 1.29 is 13.9 Å². The zero-order valence-electron chi connectivity index (χ0n) is 9.46. The van der Waals surface area contributed by atoms with E-state index < -0.39 is 11.2 Å².